The van der Waals surface area contributed by atoms with Crippen molar-refractivity contribution < 1.29 is 18.0 Å². The van der Waals surface area contributed by atoms with Crippen molar-refractivity contribution in [3.8, 4) is 0 Å². The highest BCUT2D eigenvalue weighted by molar-refractivity contribution is 7.88. The van der Waals surface area contributed by atoms with Gasteiger partial charge in [0.15, 0.2) is 0 Å². The van der Waals surface area contributed by atoms with Gasteiger partial charge in [0, 0.05) is 26.1 Å². The second kappa shape index (κ2) is 9.09. The zero-order chi connectivity index (χ0) is 17.5. The Balaban J connectivity index is 4.39. The molecule has 0 spiro atoms. The summed E-state index contributed by atoms with van der Waals surface area (Å²) in [6.45, 7) is 9.41. The molecule has 0 aliphatic rings. The van der Waals surface area contributed by atoms with Crippen LogP contribution in [0.15, 0.2) is 0 Å². The lowest BCUT2D eigenvalue weighted by atomic mass is 10.0. The van der Waals surface area contributed by atoms with Crippen molar-refractivity contribution in [1.29, 1.82) is 0 Å². The highest BCUT2D eigenvalue weighted by Gasteiger charge is 2.23. The van der Waals surface area contributed by atoms with Gasteiger partial charge < -0.3 is 10.6 Å². The molecule has 0 rings (SSSR count). The summed E-state index contributed by atoms with van der Waals surface area (Å²) >= 11 is 0. The summed E-state index contributed by atoms with van der Waals surface area (Å²) in [5.74, 6) is -0.523. The molecule has 0 radical (unpaired) electrons. The van der Waals surface area contributed by atoms with Crippen LogP contribution in [0, 0.1) is 5.92 Å². The minimum absolute atomic E-state index is 0.0212. The van der Waals surface area contributed by atoms with Crippen LogP contribution in [0.1, 0.15) is 41.0 Å². The molecule has 7 nitrogen and oxygen atoms in total. The fourth-order valence-corrected chi connectivity index (χ4v) is 3.34. The van der Waals surface area contributed by atoms with Crippen molar-refractivity contribution in [2.45, 2.75) is 53.1 Å². The Bertz CT molecular complexity index is 474. The van der Waals surface area contributed by atoms with Gasteiger partial charge in [-0.3, -0.25) is 9.59 Å². The molecule has 8 heteroatoms. The molecule has 0 aromatic heterocycles. The van der Waals surface area contributed by atoms with E-state index >= 15 is 0 Å². The maximum Gasteiger partial charge on any atom is 0.242 e. The Labute approximate surface area is 133 Å². The highest BCUT2D eigenvalue weighted by atomic mass is 32.2. The van der Waals surface area contributed by atoms with Crippen molar-refractivity contribution in [1.82, 2.24) is 14.9 Å². The Morgan fingerprint density at radius 1 is 1.14 bits per heavy atom. The molecule has 1 atom stereocenters. The molecule has 0 heterocycles. The van der Waals surface area contributed by atoms with Crippen molar-refractivity contribution >= 4 is 21.8 Å². The van der Waals surface area contributed by atoms with Crippen molar-refractivity contribution in [3.05, 3.63) is 0 Å². The van der Waals surface area contributed by atoms with Crippen LogP contribution in [-0.2, 0) is 19.6 Å². The molecule has 2 amide bonds. The van der Waals surface area contributed by atoms with E-state index < -0.39 is 16.1 Å². The Kier molecular flexibility index (Phi) is 8.62. The van der Waals surface area contributed by atoms with E-state index in [9.17, 15) is 18.0 Å². The molecular formula is C14H29N3O4S. The zero-order valence-electron chi connectivity index (χ0n) is 14.3. The van der Waals surface area contributed by atoms with E-state index in [1.54, 1.807) is 0 Å². The molecule has 0 aromatic rings. The zero-order valence-corrected chi connectivity index (χ0v) is 15.2. The second-order valence-electron chi connectivity index (χ2n) is 6.03. The first kappa shape index (κ1) is 20.9. The second-order valence-corrected chi connectivity index (χ2v) is 7.97. The lowest BCUT2D eigenvalue weighted by molar-refractivity contribution is -0.129. The van der Waals surface area contributed by atoms with Gasteiger partial charge in [0.1, 0.15) is 6.04 Å². The number of nitrogens with zero attached hydrogens (tertiary/aromatic N) is 1. The van der Waals surface area contributed by atoms with Gasteiger partial charge in [-0.25, -0.2) is 8.42 Å². The minimum Gasteiger partial charge on any atom is -0.354 e. The van der Waals surface area contributed by atoms with Gasteiger partial charge in [0.2, 0.25) is 21.8 Å². The third-order valence-corrected chi connectivity index (χ3v) is 4.62. The number of nitrogens with one attached hydrogen (secondary N) is 2. The summed E-state index contributed by atoms with van der Waals surface area (Å²) in [5, 5.41) is 5.35. The maximum atomic E-state index is 12.0. The summed E-state index contributed by atoms with van der Waals surface area (Å²) < 4.78 is 24.6. The van der Waals surface area contributed by atoms with E-state index in [1.807, 2.05) is 27.7 Å². The molecule has 130 valence electrons. The van der Waals surface area contributed by atoms with Crippen LogP contribution in [0.2, 0.25) is 0 Å². The predicted molar refractivity (Wildman–Crippen MR) is 86.8 cm³/mol. The van der Waals surface area contributed by atoms with Gasteiger partial charge >= 0.3 is 0 Å². The average molecular weight is 335 g/mol. The first-order chi connectivity index (χ1) is 9.96. The quantitative estimate of drug-likeness (QED) is 0.593. The van der Waals surface area contributed by atoms with Crippen LogP contribution in [0.5, 0.6) is 0 Å². The van der Waals surface area contributed by atoms with Crippen molar-refractivity contribution in [2.75, 3.05) is 19.3 Å². The van der Waals surface area contributed by atoms with Gasteiger partial charge in [0.05, 0.1) is 6.26 Å². The van der Waals surface area contributed by atoms with Crippen LogP contribution in [0.3, 0.4) is 0 Å². The molecule has 0 bridgehead atoms. The minimum atomic E-state index is -3.25. The van der Waals surface area contributed by atoms with Crippen LogP contribution >= 0.6 is 0 Å². The van der Waals surface area contributed by atoms with E-state index in [-0.39, 0.29) is 23.8 Å². The number of hydrogen-bond donors (Lipinski definition) is 2. The normalized spacial score (nSPS) is 13.5. The third kappa shape index (κ3) is 7.74. The number of sulfonamides is 1. The molecule has 0 fully saturated rings. The fraction of sp³-hybridized carbons (Fsp3) is 0.857. The maximum absolute atomic E-state index is 12.0. The molecule has 0 saturated heterocycles. The lowest BCUT2D eigenvalue weighted by Crippen LogP contribution is -2.49. The molecule has 0 aliphatic heterocycles. The molecule has 0 saturated carbocycles. The molecule has 22 heavy (non-hydrogen) atoms. The van der Waals surface area contributed by atoms with Gasteiger partial charge in [-0.05, 0) is 26.2 Å². The SMILES string of the molecule is CC(=O)NC(C(=O)NCCCN(C(C)C)S(C)(=O)=O)C(C)C. The fourth-order valence-electron chi connectivity index (χ4n) is 2.12. The smallest absolute Gasteiger partial charge is 0.242 e. The number of carbonyl (C=O) groups is 2. The average Bonchev–Trinajstić information content (AvgIpc) is 2.32. The van der Waals surface area contributed by atoms with Gasteiger partial charge in [-0.1, -0.05) is 13.8 Å². The summed E-state index contributed by atoms with van der Waals surface area (Å²) in [5.41, 5.74) is 0. The van der Waals surface area contributed by atoms with E-state index in [0.29, 0.717) is 19.5 Å². The first-order valence-corrected chi connectivity index (χ1v) is 9.33. The Hall–Kier alpha value is -1.15. The molecule has 2 N–H and O–H groups in total. The summed E-state index contributed by atoms with van der Waals surface area (Å²) in [7, 11) is -3.25. The van der Waals surface area contributed by atoms with Crippen molar-refractivity contribution in [2.24, 2.45) is 5.92 Å². The van der Waals surface area contributed by atoms with E-state index in [1.165, 1.54) is 17.5 Å². The topological polar surface area (TPSA) is 95.6 Å². The van der Waals surface area contributed by atoms with E-state index in [4.69, 9.17) is 0 Å². The Morgan fingerprint density at radius 2 is 1.68 bits per heavy atom. The number of carbonyl (C=O) groups excluding carboxylic acids is 2. The van der Waals surface area contributed by atoms with Gasteiger partial charge in [0.25, 0.3) is 0 Å². The Morgan fingerprint density at radius 3 is 2.05 bits per heavy atom. The molecule has 0 aromatic carbocycles. The van der Waals surface area contributed by atoms with Crippen molar-refractivity contribution in [3.63, 3.8) is 0 Å². The molecule has 1 unspecified atom stereocenters. The number of rotatable bonds is 9. The van der Waals surface area contributed by atoms with Crippen LogP contribution in [-0.4, -0.2) is 56.0 Å². The summed E-state index contributed by atoms with van der Waals surface area (Å²) in [4.78, 5) is 23.1. The largest absolute Gasteiger partial charge is 0.354 e. The van der Waals surface area contributed by atoms with E-state index in [2.05, 4.69) is 10.6 Å². The monoisotopic (exact) mass is 335 g/mol. The third-order valence-electron chi connectivity index (χ3n) is 3.16. The van der Waals surface area contributed by atoms with Gasteiger partial charge in [-0.2, -0.15) is 4.31 Å². The summed E-state index contributed by atoms with van der Waals surface area (Å²) in [6, 6.07) is -0.692. The van der Waals surface area contributed by atoms with Crippen LogP contribution in [0.4, 0.5) is 0 Å². The van der Waals surface area contributed by atoms with Crippen LogP contribution in [0.25, 0.3) is 0 Å². The number of hydrogen-bond acceptors (Lipinski definition) is 4. The summed E-state index contributed by atoms with van der Waals surface area (Å²) in [6.07, 6.45) is 1.69. The highest BCUT2D eigenvalue weighted by Crippen LogP contribution is 2.06. The molecule has 0 aliphatic carbocycles. The van der Waals surface area contributed by atoms with Gasteiger partial charge in [-0.15, -0.1) is 0 Å². The predicted octanol–water partition coefficient (Wildman–Crippen LogP) is 0.323. The van der Waals surface area contributed by atoms with E-state index in [0.717, 1.165) is 0 Å². The number of amides is 2. The lowest BCUT2D eigenvalue weighted by Gasteiger charge is -2.24. The first-order valence-electron chi connectivity index (χ1n) is 7.48. The van der Waals surface area contributed by atoms with Crippen LogP contribution < -0.4 is 10.6 Å². The molecular weight excluding hydrogens is 306 g/mol. The standard InChI is InChI=1S/C14H29N3O4S/c1-10(2)13(16-12(5)18)14(19)15-8-7-9-17(11(3)4)22(6,20)21/h10-11,13H,7-9H2,1-6H3,(H,15,19)(H,16,18).